The molecule has 0 amide bonds. The van der Waals surface area contributed by atoms with E-state index in [4.69, 9.17) is 10.5 Å². The van der Waals surface area contributed by atoms with Crippen LogP contribution in [0.5, 0.6) is 5.75 Å². The van der Waals surface area contributed by atoms with Gasteiger partial charge in [0.15, 0.2) is 0 Å². The maximum atomic E-state index is 6.18. The summed E-state index contributed by atoms with van der Waals surface area (Å²) in [5, 5.41) is 2.86. The molecular weight excluding hydrogens is 280 g/mol. The third-order valence-corrected chi connectivity index (χ3v) is 4.06. The monoisotopic (exact) mass is 296 g/mol. The van der Waals surface area contributed by atoms with Crippen LogP contribution in [0.15, 0.2) is 66.2 Å². The van der Waals surface area contributed by atoms with Crippen LogP contribution in [0.25, 0.3) is 0 Å². The summed E-state index contributed by atoms with van der Waals surface area (Å²) in [6.45, 7) is 0.568. The molecule has 2 aromatic carbocycles. The molecule has 0 fully saturated rings. The molecular formula is C17H16N2OS. The molecule has 0 spiro atoms. The largest absolute Gasteiger partial charge is 0.489 e. The molecule has 0 aliphatic rings. The minimum Gasteiger partial charge on any atom is -0.489 e. The molecule has 0 aliphatic carbocycles. The number of nitrogens with two attached hydrogens (primary N) is 1. The van der Waals surface area contributed by atoms with Crippen molar-refractivity contribution in [1.82, 2.24) is 4.98 Å². The predicted molar refractivity (Wildman–Crippen MR) is 85.4 cm³/mol. The van der Waals surface area contributed by atoms with Gasteiger partial charge in [-0.1, -0.05) is 42.5 Å². The first-order valence-corrected chi connectivity index (χ1v) is 7.62. The first kappa shape index (κ1) is 13.8. The van der Waals surface area contributed by atoms with Gasteiger partial charge < -0.3 is 10.5 Å². The maximum absolute atomic E-state index is 6.18. The van der Waals surface area contributed by atoms with Crippen molar-refractivity contribution in [2.75, 3.05) is 0 Å². The minimum atomic E-state index is -0.173. The fourth-order valence-electron chi connectivity index (χ4n) is 2.04. The van der Waals surface area contributed by atoms with E-state index in [1.54, 1.807) is 17.5 Å². The molecule has 21 heavy (non-hydrogen) atoms. The van der Waals surface area contributed by atoms with Gasteiger partial charge in [-0.25, -0.2) is 4.98 Å². The molecule has 3 nitrogen and oxygen atoms in total. The second kappa shape index (κ2) is 6.52. The second-order valence-electron chi connectivity index (χ2n) is 4.69. The van der Waals surface area contributed by atoms with Crippen LogP contribution in [0.2, 0.25) is 0 Å². The smallest absolute Gasteiger partial charge is 0.119 e. The van der Waals surface area contributed by atoms with Crippen molar-refractivity contribution in [3.05, 3.63) is 82.3 Å². The number of nitrogens with zero attached hydrogens (tertiary/aromatic N) is 1. The van der Waals surface area contributed by atoms with Crippen LogP contribution in [0.4, 0.5) is 0 Å². The van der Waals surface area contributed by atoms with Gasteiger partial charge in [0.2, 0.25) is 0 Å². The SMILES string of the molecule is NC(c1ccc(OCc2ccccc2)cc1)c1nccs1. The van der Waals surface area contributed by atoms with E-state index in [0.717, 1.165) is 21.9 Å². The summed E-state index contributed by atoms with van der Waals surface area (Å²) in [5.74, 6) is 0.842. The van der Waals surface area contributed by atoms with Crippen LogP contribution in [0.1, 0.15) is 22.2 Å². The normalized spacial score (nSPS) is 12.0. The summed E-state index contributed by atoms with van der Waals surface area (Å²) in [6.07, 6.45) is 1.78. The third kappa shape index (κ3) is 3.48. The van der Waals surface area contributed by atoms with Gasteiger partial charge in [0, 0.05) is 11.6 Å². The highest BCUT2D eigenvalue weighted by atomic mass is 32.1. The van der Waals surface area contributed by atoms with E-state index in [-0.39, 0.29) is 6.04 Å². The Balaban J connectivity index is 1.64. The zero-order valence-corrected chi connectivity index (χ0v) is 12.3. The molecule has 1 unspecified atom stereocenters. The highest BCUT2D eigenvalue weighted by Crippen LogP contribution is 2.23. The molecule has 4 heteroatoms. The highest BCUT2D eigenvalue weighted by Gasteiger charge is 2.11. The van der Waals surface area contributed by atoms with E-state index in [1.165, 1.54) is 0 Å². The number of ether oxygens (including phenoxy) is 1. The summed E-state index contributed by atoms with van der Waals surface area (Å²) in [6, 6.07) is 17.8. The Hall–Kier alpha value is -2.17. The number of aromatic nitrogens is 1. The van der Waals surface area contributed by atoms with Crippen LogP contribution in [0, 0.1) is 0 Å². The van der Waals surface area contributed by atoms with Crippen molar-refractivity contribution in [2.45, 2.75) is 12.6 Å². The topological polar surface area (TPSA) is 48.1 Å². The Morgan fingerprint density at radius 2 is 1.81 bits per heavy atom. The molecule has 1 atom stereocenters. The van der Waals surface area contributed by atoms with Gasteiger partial charge >= 0.3 is 0 Å². The lowest BCUT2D eigenvalue weighted by molar-refractivity contribution is 0.306. The van der Waals surface area contributed by atoms with Crippen LogP contribution in [0.3, 0.4) is 0 Å². The summed E-state index contributed by atoms with van der Waals surface area (Å²) in [4.78, 5) is 4.25. The van der Waals surface area contributed by atoms with E-state index in [0.29, 0.717) is 6.61 Å². The van der Waals surface area contributed by atoms with E-state index in [1.807, 2.05) is 60.0 Å². The minimum absolute atomic E-state index is 0.173. The zero-order chi connectivity index (χ0) is 14.5. The lowest BCUT2D eigenvalue weighted by Gasteiger charge is -2.11. The lowest BCUT2D eigenvalue weighted by Crippen LogP contribution is -2.11. The molecule has 106 valence electrons. The average Bonchev–Trinajstić information content (AvgIpc) is 3.08. The third-order valence-electron chi connectivity index (χ3n) is 3.21. The molecule has 3 aromatic rings. The second-order valence-corrected chi connectivity index (χ2v) is 5.62. The van der Waals surface area contributed by atoms with Gasteiger partial charge in [-0.2, -0.15) is 0 Å². The Morgan fingerprint density at radius 1 is 1.05 bits per heavy atom. The van der Waals surface area contributed by atoms with Crippen LogP contribution >= 0.6 is 11.3 Å². The van der Waals surface area contributed by atoms with Gasteiger partial charge in [-0.15, -0.1) is 11.3 Å². The van der Waals surface area contributed by atoms with Gasteiger partial charge in [0.1, 0.15) is 17.4 Å². The zero-order valence-electron chi connectivity index (χ0n) is 11.5. The number of thiazole rings is 1. The first-order chi connectivity index (χ1) is 10.3. The fraction of sp³-hybridized carbons (Fsp3) is 0.118. The summed E-state index contributed by atoms with van der Waals surface area (Å²) in [5.41, 5.74) is 8.38. The standard InChI is InChI=1S/C17H16N2OS/c18-16(17-19-10-11-21-17)14-6-8-15(9-7-14)20-12-13-4-2-1-3-5-13/h1-11,16H,12,18H2. The number of hydrogen-bond donors (Lipinski definition) is 1. The van der Waals surface area contributed by atoms with Crippen LogP contribution < -0.4 is 10.5 Å². The highest BCUT2D eigenvalue weighted by molar-refractivity contribution is 7.09. The predicted octanol–water partition coefficient (Wildman–Crippen LogP) is 3.77. The molecule has 1 heterocycles. The maximum Gasteiger partial charge on any atom is 0.119 e. The number of hydrogen-bond acceptors (Lipinski definition) is 4. The Labute approximate surface area is 128 Å². The molecule has 3 rings (SSSR count). The molecule has 0 aliphatic heterocycles. The van der Waals surface area contributed by atoms with Crippen LogP contribution in [-0.2, 0) is 6.61 Å². The van der Waals surface area contributed by atoms with Crippen molar-refractivity contribution in [2.24, 2.45) is 5.73 Å². The van der Waals surface area contributed by atoms with E-state index < -0.39 is 0 Å². The van der Waals surface area contributed by atoms with Crippen molar-refractivity contribution in [3.63, 3.8) is 0 Å². The van der Waals surface area contributed by atoms with Crippen molar-refractivity contribution in [1.29, 1.82) is 0 Å². The van der Waals surface area contributed by atoms with Crippen molar-refractivity contribution in [3.8, 4) is 5.75 Å². The fourth-order valence-corrected chi connectivity index (χ4v) is 2.71. The average molecular weight is 296 g/mol. The molecule has 0 radical (unpaired) electrons. The van der Waals surface area contributed by atoms with Crippen molar-refractivity contribution < 1.29 is 4.74 Å². The van der Waals surface area contributed by atoms with E-state index >= 15 is 0 Å². The molecule has 0 saturated carbocycles. The van der Waals surface area contributed by atoms with Gasteiger partial charge in [0.05, 0.1) is 6.04 Å². The molecule has 2 N–H and O–H groups in total. The van der Waals surface area contributed by atoms with E-state index in [9.17, 15) is 0 Å². The molecule has 1 aromatic heterocycles. The van der Waals surface area contributed by atoms with Gasteiger partial charge in [0.25, 0.3) is 0 Å². The summed E-state index contributed by atoms with van der Waals surface area (Å²) in [7, 11) is 0. The van der Waals surface area contributed by atoms with Gasteiger partial charge in [-0.3, -0.25) is 0 Å². The Bertz CT molecular complexity index is 666. The van der Waals surface area contributed by atoms with Crippen molar-refractivity contribution >= 4 is 11.3 Å². The first-order valence-electron chi connectivity index (χ1n) is 6.74. The van der Waals surface area contributed by atoms with Gasteiger partial charge in [-0.05, 0) is 23.3 Å². The summed E-state index contributed by atoms with van der Waals surface area (Å²) < 4.78 is 5.76. The van der Waals surface area contributed by atoms with Crippen LogP contribution in [-0.4, -0.2) is 4.98 Å². The molecule has 0 saturated heterocycles. The van der Waals surface area contributed by atoms with E-state index in [2.05, 4.69) is 4.98 Å². The number of benzene rings is 2. The lowest BCUT2D eigenvalue weighted by atomic mass is 10.1. The molecule has 0 bridgehead atoms. The number of rotatable bonds is 5. The quantitative estimate of drug-likeness (QED) is 0.779. The summed E-state index contributed by atoms with van der Waals surface area (Å²) >= 11 is 1.57. The Morgan fingerprint density at radius 3 is 2.48 bits per heavy atom. The Kier molecular flexibility index (Phi) is 4.28.